The monoisotopic (exact) mass is 927 g/mol. The lowest BCUT2D eigenvalue weighted by molar-refractivity contribution is -0.870. The van der Waals surface area contributed by atoms with Gasteiger partial charge in [0.05, 0.1) is 27.7 Å². The molecule has 1 unspecified atom stereocenters. The van der Waals surface area contributed by atoms with Crippen LogP contribution in [0.25, 0.3) is 0 Å². The number of phosphoric acid groups is 1. The van der Waals surface area contributed by atoms with Crippen molar-refractivity contribution in [3.8, 4) is 0 Å². The number of allylic oxidation sites excluding steroid dienone is 4. The van der Waals surface area contributed by atoms with Crippen molar-refractivity contribution in [2.75, 3.05) is 47.5 Å². The summed E-state index contributed by atoms with van der Waals surface area (Å²) in [6, 6.07) is 0. The van der Waals surface area contributed by atoms with Gasteiger partial charge in [0, 0.05) is 12.8 Å². The minimum Gasteiger partial charge on any atom is -0.462 e. The maximum atomic E-state index is 12.8. The Bertz CT molecular complexity index is 1140. The van der Waals surface area contributed by atoms with Crippen LogP contribution in [0.2, 0.25) is 0 Å². The highest BCUT2D eigenvalue weighted by Crippen LogP contribution is 2.43. The maximum absolute atomic E-state index is 12.8. The summed E-state index contributed by atoms with van der Waals surface area (Å²) >= 11 is 0. The Balaban J connectivity index is 4.22. The fraction of sp³-hybridized carbons (Fsp3) is 0.889. The molecule has 0 aromatic rings. The van der Waals surface area contributed by atoms with Crippen LogP contribution in [0.1, 0.15) is 258 Å². The second-order valence-electron chi connectivity index (χ2n) is 19.6. The van der Waals surface area contributed by atoms with E-state index in [1.165, 1.54) is 193 Å². The largest absolute Gasteiger partial charge is 0.472 e. The Hall–Kier alpha value is -1.51. The van der Waals surface area contributed by atoms with Gasteiger partial charge in [-0.3, -0.25) is 18.6 Å². The van der Waals surface area contributed by atoms with Crippen LogP contribution < -0.4 is 0 Å². The number of likely N-dealkylation sites (N-methyl/N-ethyl adjacent to an activating group) is 1. The van der Waals surface area contributed by atoms with E-state index >= 15 is 0 Å². The number of hydrogen-bond acceptors (Lipinski definition) is 7. The van der Waals surface area contributed by atoms with Gasteiger partial charge in [0.15, 0.2) is 6.10 Å². The summed E-state index contributed by atoms with van der Waals surface area (Å²) < 4.78 is 34.4. The fourth-order valence-electron chi connectivity index (χ4n) is 7.72. The molecule has 0 radical (unpaired) electrons. The van der Waals surface area contributed by atoms with Crippen molar-refractivity contribution in [3.05, 3.63) is 24.3 Å². The highest BCUT2D eigenvalue weighted by Gasteiger charge is 2.27. The van der Waals surface area contributed by atoms with Crippen LogP contribution >= 0.6 is 7.82 Å². The predicted octanol–water partition coefficient (Wildman–Crippen LogP) is 16.3. The third-order valence-electron chi connectivity index (χ3n) is 12.0. The third-order valence-corrected chi connectivity index (χ3v) is 12.9. The molecule has 0 saturated heterocycles. The van der Waals surface area contributed by atoms with Crippen molar-refractivity contribution in [1.82, 2.24) is 0 Å². The number of quaternary nitrogens is 1. The van der Waals surface area contributed by atoms with Crippen molar-refractivity contribution in [3.63, 3.8) is 0 Å². The van der Waals surface area contributed by atoms with Crippen LogP contribution in [-0.2, 0) is 32.7 Å². The average Bonchev–Trinajstić information content (AvgIpc) is 3.25. The zero-order valence-electron chi connectivity index (χ0n) is 42.8. The van der Waals surface area contributed by atoms with Crippen molar-refractivity contribution in [2.45, 2.75) is 264 Å². The molecule has 0 rings (SSSR count). The molecule has 0 saturated carbocycles. The molecule has 0 spiro atoms. The van der Waals surface area contributed by atoms with Crippen LogP contribution in [-0.4, -0.2) is 74.9 Å². The number of phosphoric ester groups is 1. The second kappa shape index (κ2) is 46.6. The highest BCUT2D eigenvalue weighted by molar-refractivity contribution is 7.47. The SMILES string of the molecule is CCCCCCCC/C=C/CCCCCCCCCC(=O)OC[C@H](COP(=O)(O)OCC[N+](C)(C)C)OC(=O)CCC/C=C/CCCCCCCCCCCCCCCCCCCC. The van der Waals surface area contributed by atoms with E-state index in [4.69, 9.17) is 18.5 Å². The topological polar surface area (TPSA) is 108 Å². The van der Waals surface area contributed by atoms with Crippen LogP contribution in [0, 0.1) is 0 Å². The van der Waals surface area contributed by atoms with E-state index in [1.807, 2.05) is 21.1 Å². The van der Waals surface area contributed by atoms with E-state index in [0.29, 0.717) is 17.4 Å². The van der Waals surface area contributed by atoms with E-state index in [9.17, 15) is 19.0 Å². The molecule has 64 heavy (non-hydrogen) atoms. The molecule has 0 aliphatic heterocycles. The number of nitrogens with zero attached hydrogens (tertiary/aromatic N) is 1. The van der Waals surface area contributed by atoms with Crippen molar-refractivity contribution in [1.29, 1.82) is 0 Å². The summed E-state index contributed by atoms with van der Waals surface area (Å²) in [7, 11) is 1.47. The van der Waals surface area contributed by atoms with Gasteiger partial charge >= 0.3 is 19.8 Å². The molecule has 1 N–H and O–H groups in total. The number of esters is 2. The molecule has 0 aromatic heterocycles. The fourth-order valence-corrected chi connectivity index (χ4v) is 8.46. The van der Waals surface area contributed by atoms with Gasteiger partial charge in [-0.25, -0.2) is 4.57 Å². The first-order valence-electron chi connectivity index (χ1n) is 27.1. The Labute approximate surface area is 396 Å². The summed E-state index contributed by atoms with van der Waals surface area (Å²) in [4.78, 5) is 35.6. The molecule has 0 bridgehead atoms. The number of ether oxygens (including phenoxy) is 2. The van der Waals surface area contributed by atoms with E-state index in [-0.39, 0.29) is 32.0 Å². The zero-order chi connectivity index (χ0) is 47.1. The predicted molar refractivity (Wildman–Crippen MR) is 271 cm³/mol. The molecule has 9 nitrogen and oxygen atoms in total. The first kappa shape index (κ1) is 62.5. The van der Waals surface area contributed by atoms with E-state index in [2.05, 4.69) is 38.2 Å². The quantitative estimate of drug-likeness (QED) is 0.0211. The van der Waals surface area contributed by atoms with Crippen LogP contribution in [0.5, 0.6) is 0 Å². The van der Waals surface area contributed by atoms with Gasteiger partial charge in [-0.1, -0.05) is 212 Å². The van der Waals surface area contributed by atoms with Gasteiger partial charge in [0.25, 0.3) is 0 Å². The summed E-state index contributed by atoms with van der Waals surface area (Å²) in [5.74, 6) is -0.829. The Morgan fingerprint density at radius 1 is 0.469 bits per heavy atom. The smallest absolute Gasteiger partial charge is 0.462 e. The molecular weight excluding hydrogens is 822 g/mol. The number of carbonyl (C=O) groups excluding carboxylic acids is 2. The average molecular weight is 927 g/mol. The Morgan fingerprint density at radius 3 is 1.20 bits per heavy atom. The van der Waals surface area contributed by atoms with Gasteiger partial charge in [0.2, 0.25) is 0 Å². The van der Waals surface area contributed by atoms with Crippen molar-refractivity contribution < 1.29 is 42.1 Å². The van der Waals surface area contributed by atoms with E-state index in [1.54, 1.807) is 0 Å². The van der Waals surface area contributed by atoms with Gasteiger partial charge in [-0.05, 0) is 57.8 Å². The maximum Gasteiger partial charge on any atom is 0.472 e. The van der Waals surface area contributed by atoms with Crippen molar-refractivity contribution >= 4 is 19.8 Å². The summed E-state index contributed by atoms with van der Waals surface area (Å²) in [5, 5.41) is 0. The van der Waals surface area contributed by atoms with Crippen LogP contribution in [0.15, 0.2) is 24.3 Å². The van der Waals surface area contributed by atoms with Gasteiger partial charge in [-0.15, -0.1) is 0 Å². The zero-order valence-corrected chi connectivity index (χ0v) is 43.7. The first-order chi connectivity index (χ1) is 31.0. The molecule has 10 heteroatoms. The third kappa shape index (κ3) is 49.9. The Morgan fingerprint density at radius 2 is 0.812 bits per heavy atom. The normalized spacial score (nSPS) is 13.5. The van der Waals surface area contributed by atoms with Gasteiger partial charge in [0.1, 0.15) is 19.8 Å². The summed E-state index contributed by atoms with van der Waals surface area (Å²) in [6.07, 6.45) is 53.9. The molecule has 378 valence electrons. The minimum atomic E-state index is -4.39. The van der Waals surface area contributed by atoms with E-state index < -0.39 is 26.5 Å². The molecule has 0 aliphatic carbocycles. The van der Waals surface area contributed by atoms with Crippen molar-refractivity contribution in [2.24, 2.45) is 0 Å². The first-order valence-corrected chi connectivity index (χ1v) is 28.6. The molecule has 0 fully saturated rings. The number of rotatable bonds is 50. The standard InChI is InChI=1S/C54H104NO8P/c1-6-8-10-12-14-16-18-20-22-24-25-26-27-28-29-31-33-35-37-39-41-43-45-47-54(57)63-52(51-62-64(58,59)61-49-48-55(3,4)5)50-60-53(56)46-44-42-40-38-36-34-32-30-23-21-19-17-15-13-11-9-7-2/h21,23,39,41,52H,6-20,22,24-38,40,42-51H2,1-5H3/p+1/b23-21+,41-39+/t52-/m1/s1. The second-order valence-corrected chi connectivity index (χ2v) is 21.1. The molecular formula is C54H105NO8P+. The summed E-state index contributed by atoms with van der Waals surface area (Å²) in [5.41, 5.74) is 0. The van der Waals surface area contributed by atoms with Gasteiger partial charge < -0.3 is 18.9 Å². The molecule has 0 aromatic carbocycles. The highest BCUT2D eigenvalue weighted by atomic mass is 31.2. The lowest BCUT2D eigenvalue weighted by Crippen LogP contribution is -2.37. The summed E-state index contributed by atoms with van der Waals surface area (Å²) in [6.45, 7) is 4.43. The lowest BCUT2D eigenvalue weighted by Gasteiger charge is -2.24. The van der Waals surface area contributed by atoms with Crippen LogP contribution in [0.3, 0.4) is 0 Å². The molecule has 0 amide bonds. The van der Waals surface area contributed by atoms with Crippen LogP contribution in [0.4, 0.5) is 0 Å². The number of hydrogen-bond donors (Lipinski definition) is 1. The lowest BCUT2D eigenvalue weighted by atomic mass is 10.0. The minimum absolute atomic E-state index is 0.0282. The Kier molecular flexibility index (Phi) is 45.5. The van der Waals surface area contributed by atoms with Gasteiger partial charge in [-0.2, -0.15) is 0 Å². The van der Waals surface area contributed by atoms with E-state index in [0.717, 1.165) is 32.1 Å². The molecule has 0 heterocycles. The number of carbonyl (C=O) groups is 2. The molecule has 0 aliphatic rings. The molecule has 2 atom stereocenters. The number of unbranched alkanes of at least 4 members (excludes halogenated alkanes) is 32.